The Morgan fingerprint density at radius 1 is 1.40 bits per heavy atom. The van der Waals surface area contributed by atoms with Crippen molar-refractivity contribution in [3.63, 3.8) is 0 Å². The van der Waals surface area contributed by atoms with Crippen LogP contribution in [-0.2, 0) is 0 Å². The van der Waals surface area contributed by atoms with Crippen molar-refractivity contribution in [2.75, 3.05) is 0 Å². The fourth-order valence-corrected chi connectivity index (χ4v) is 1.84. The molecule has 1 aliphatic rings. The van der Waals surface area contributed by atoms with E-state index in [1.807, 2.05) is 0 Å². The molecule has 0 aliphatic carbocycles. The zero-order valence-corrected chi connectivity index (χ0v) is 10.1. The molecule has 1 atom stereocenters. The van der Waals surface area contributed by atoms with Gasteiger partial charge >= 0.3 is 0 Å². The number of nitrogens with two attached hydrogens (primary N) is 1. The van der Waals surface area contributed by atoms with E-state index < -0.39 is 0 Å². The number of allylic oxidation sites excluding steroid dienone is 1. The largest absolute Gasteiger partial charge is 0.387 e. The van der Waals surface area contributed by atoms with Crippen molar-refractivity contribution in [3.8, 4) is 0 Å². The highest BCUT2D eigenvalue weighted by atomic mass is 14.9. The first kappa shape index (κ1) is 12.3. The second kappa shape index (κ2) is 6.65. The highest BCUT2D eigenvalue weighted by Crippen LogP contribution is 2.15. The Bertz CT molecular complexity index is 229. The fraction of sp³-hybridized carbons (Fsp3) is 0.769. The number of rotatable bonds is 4. The number of aliphatic imine (C=N–C) groups is 1. The van der Waals surface area contributed by atoms with Crippen molar-refractivity contribution in [1.82, 2.24) is 0 Å². The van der Waals surface area contributed by atoms with Gasteiger partial charge in [0.05, 0.1) is 11.9 Å². The van der Waals surface area contributed by atoms with Gasteiger partial charge in [0.15, 0.2) is 0 Å². The highest BCUT2D eigenvalue weighted by molar-refractivity contribution is 5.80. The summed E-state index contributed by atoms with van der Waals surface area (Å²) in [5, 5.41) is 0. The van der Waals surface area contributed by atoms with Gasteiger partial charge < -0.3 is 5.73 Å². The SMILES string of the molecule is CC(C)C/C=C/C[C@H]1CCCCC(N)=N1. The Labute approximate surface area is 93.7 Å². The number of nitrogens with zero attached hydrogens (tertiary/aromatic N) is 1. The fourth-order valence-electron chi connectivity index (χ4n) is 1.84. The van der Waals surface area contributed by atoms with E-state index in [2.05, 4.69) is 31.0 Å². The Kier molecular flexibility index (Phi) is 5.44. The third-order valence-corrected chi connectivity index (χ3v) is 2.75. The molecule has 15 heavy (non-hydrogen) atoms. The predicted octanol–water partition coefficient (Wildman–Crippen LogP) is 3.28. The van der Waals surface area contributed by atoms with Gasteiger partial charge in [-0.3, -0.25) is 4.99 Å². The van der Waals surface area contributed by atoms with Crippen molar-refractivity contribution in [2.24, 2.45) is 16.6 Å². The van der Waals surface area contributed by atoms with E-state index in [-0.39, 0.29) is 0 Å². The molecule has 0 saturated carbocycles. The van der Waals surface area contributed by atoms with Gasteiger partial charge in [0.2, 0.25) is 0 Å². The summed E-state index contributed by atoms with van der Waals surface area (Å²) in [4.78, 5) is 4.54. The summed E-state index contributed by atoms with van der Waals surface area (Å²) in [6.07, 6.45) is 11.5. The molecule has 2 N–H and O–H groups in total. The Hall–Kier alpha value is -0.790. The summed E-state index contributed by atoms with van der Waals surface area (Å²) < 4.78 is 0. The molecule has 0 aromatic heterocycles. The van der Waals surface area contributed by atoms with Crippen molar-refractivity contribution in [2.45, 2.75) is 58.4 Å². The Morgan fingerprint density at radius 3 is 2.93 bits per heavy atom. The van der Waals surface area contributed by atoms with Crippen LogP contribution in [0.5, 0.6) is 0 Å². The lowest BCUT2D eigenvalue weighted by molar-refractivity contribution is 0.593. The second-order valence-electron chi connectivity index (χ2n) is 4.86. The normalized spacial score (nSPS) is 23.1. The molecule has 1 heterocycles. The van der Waals surface area contributed by atoms with Crippen molar-refractivity contribution < 1.29 is 0 Å². The van der Waals surface area contributed by atoms with E-state index in [0.29, 0.717) is 6.04 Å². The topological polar surface area (TPSA) is 38.4 Å². The summed E-state index contributed by atoms with van der Waals surface area (Å²) >= 11 is 0. The summed E-state index contributed by atoms with van der Waals surface area (Å²) in [6.45, 7) is 4.48. The summed E-state index contributed by atoms with van der Waals surface area (Å²) in [5.74, 6) is 1.61. The van der Waals surface area contributed by atoms with Crippen LogP contribution in [0.3, 0.4) is 0 Å². The molecule has 2 heteroatoms. The van der Waals surface area contributed by atoms with Crippen molar-refractivity contribution in [1.29, 1.82) is 0 Å². The monoisotopic (exact) mass is 208 g/mol. The molecule has 0 spiro atoms. The van der Waals surface area contributed by atoms with Gasteiger partial charge in [-0.15, -0.1) is 0 Å². The maximum absolute atomic E-state index is 5.80. The number of hydrogen-bond acceptors (Lipinski definition) is 2. The third kappa shape index (κ3) is 5.60. The molecule has 0 amide bonds. The summed E-state index contributed by atoms with van der Waals surface area (Å²) in [6, 6.07) is 0.441. The molecule has 0 fully saturated rings. The van der Waals surface area contributed by atoms with Gasteiger partial charge in [0.25, 0.3) is 0 Å². The summed E-state index contributed by atoms with van der Waals surface area (Å²) in [7, 11) is 0. The van der Waals surface area contributed by atoms with Crippen LogP contribution in [0.1, 0.15) is 52.4 Å². The first-order chi connectivity index (χ1) is 7.18. The molecular formula is C13H24N2. The molecule has 0 unspecified atom stereocenters. The summed E-state index contributed by atoms with van der Waals surface area (Å²) in [5.41, 5.74) is 5.80. The van der Waals surface area contributed by atoms with Crippen LogP contribution in [0.2, 0.25) is 0 Å². The van der Waals surface area contributed by atoms with Crippen LogP contribution in [0.15, 0.2) is 17.1 Å². The standard InChI is InChI=1S/C13H24N2/c1-11(2)7-3-4-8-12-9-5-6-10-13(14)15-12/h3-4,11-12H,5-10H2,1-2H3,(H2,14,15)/b4-3+/t12-/m0/s1. The maximum atomic E-state index is 5.80. The maximum Gasteiger partial charge on any atom is 0.0940 e. The van der Waals surface area contributed by atoms with E-state index in [9.17, 15) is 0 Å². The minimum absolute atomic E-state index is 0.441. The van der Waals surface area contributed by atoms with E-state index in [1.54, 1.807) is 0 Å². The van der Waals surface area contributed by atoms with Gasteiger partial charge in [-0.05, 0) is 31.6 Å². The van der Waals surface area contributed by atoms with Crippen LogP contribution >= 0.6 is 0 Å². The molecule has 0 saturated heterocycles. The van der Waals surface area contributed by atoms with E-state index >= 15 is 0 Å². The van der Waals surface area contributed by atoms with E-state index in [0.717, 1.165) is 24.6 Å². The molecule has 1 aliphatic heterocycles. The quantitative estimate of drug-likeness (QED) is 0.707. The van der Waals surface area contributed by atoms with Crippen LogP contribution in [0, 0.1) is 5.92 Å². The van der Waals surface area contributed by atoms with Crippen LogP contribution in [0.25, 0.3) is 0 Å². The number of hydrogen-bond donors (Lipinski definition) is 1. The molecule has 1 rings (SSSR count). The van der Waals surface area contributed by atoms with Crippen molar-refractivity contribution >= 4 is 5.84 Å². The van der Waals surface area contributed by atoms with Gasteiger partial charge in [-0.2, -0.15) is 0 Å². The average molecular weight is 208 g/mol. The molecule has 0 aromatic rings. The van der Waals surface area contributed by atoms with Gasteiger partial charge in [-0.1, -0.05) is 32.4 Å². The lowest BCUT2D eigenvalue weighted by Gasteiger charge is -2.07. The zero-order valence-electron chi connectivity index (χ0n) is 10.1. The molecule has 0 radical (unpaired) electrons. The third-order valence-electron chi connectivity index (χ3n) is 2.75. The van der Waals surface area contributed by atoms with Crippen molar-refractivity contribution in [3.05, 3.63) is 12.2 Å². The lowest BCUT2D eigenvalue weighted by Crippen LogP contribution is -2.13. The first-order valence-corrected chi connectivity index (χ1v) is 6.15. The van der Waals surface area contributed by atoms with Crippen LogP contribution < -0.4 is 5.73 Å². The smallest absolute Gasteiger partial charge is 0.0940 e. The first-order valence-electron chi connectivity index (χ1n) is 6.15. The Morgan fingerprint density at radius 2 is 2.20 bits per heavy atom. The number of amidine groups is 1. The van der Waals surface area contributed by atoms with Gasteiger partial charge in [0, 0.05) is 6.42 Å². The molecule has 86 valence electrons. The van der Waals surface area contributed by atoms with E-state index in [1.165, 1.54) is 25.7 Å². The molecule has 0 bridgehead atoms. The van der Waals surface area contributed by atoms with E-state index in [4.69, 9.17) is 5.73 Å². The second-order valence-corrected chi connectivity index (χ2v) is 4.86. The highest BCUT2D eigenvalue weighted by Gasteiger charge is 2.09. The zero-order chi connectivity index (χ0) is 11.1. The lowest BCUT2D eigenvalue weighted by atomic mass is 10.1. The molecule has 2 nitrogen and oxygen atoms in total. The molecular weight excluding hydrogens is 184 g/mol. The minimum atomic E-state index is 0.441. The average Bonchev–Trinajstić information content (AvgIpc) is 2.37. The van der Waals surface area contributed by atoms with Crippen LogP contribution in [0.4, 0.5) is 0 Å². The molecule has 0 aromatic carbocycles. The van der Waals surface area contributed by atoms with Gasteiger partial charge in [0.1, 0.15) is 0 Å². The van der Waals surface area contributed by atoms with Crippen LogP contribution in [-0.4, -0.2) is 11.9 Å². The van der Waals surface area contributed by atoms with Gasteiger partial charge in [-0.25, -0.2) is 0 Å². The minimum Gasteiger partial charge on any atom is -0.387 e. The Balaban J connectivity index is 2.30. The predicted molar refractivity (Wildman–Crippen MR) is 67.1 cm³/mol.